The molecule has 0 aliphatic rings. The van der Waals surface area contributed by atoms with Gasteiger partial charge in [0.1, 0.15) is 5.82 Å². The van der Waals surface area contributed by atoms with Crippen molar-refractivity contribution < 1.29 is 9.31 Å². The highest BCUT2D eigenvalue weighted by Gasteiger charge is 2.11. The molecule has 1 aromatic rings. The number of nitrogens with zero attached hydrogens (tertiary/aromatic N) is 1. The van der Waals surface area contributed by atoms with Crippen LogP contribution in [0.1, 0.15) is 61.0 Å². The number of nitro benzene ring substituents is 1. The van der Waals surface area contributed by atoms with Crippen molar-refractivity contribution in [3.05, 3.63) is 39.7 Å². The van der Waals surface area contributed by atoms with E-state index >= 15 is 0 Å². The second-order valence-corrected chi connectivity index (χ2v) is 4.28. The van der Waals surface area contributed by atoms with Gasteiger partial charge in [0.05, 0.1) is 4.92 Å². The summed E-state index contributed by atoms with van der Waals surface area (Å²) in [7, 11) is 0. The van der Waals surface area contributed by atoms with Crippen LogP contribution in [-0.2, 0) is 0 Å². The Morgan fingerprint density at radius 3 is 1.86 bits per heavy atom. The van der Waals surface area contributed by atoms with Crippen LogP contribution >= 0.6 is 0 Å². The van der Waals surface area contributed by atoms with E-state index < -0.39 is 10.7 Å². The third-order valence-corrected chi connectivity index (χ3v) is 1.56. The van der Waals surface area contributed by atoms with Gasteiger partial charge in [0, 0.05) is 23.4 Å². The predicted molar refractivity (Wildman–Crippen MR) is 88.8 cm³/mol. The van der Waals surface area contributed by atoms with E-state index in [2.05, 4.69) is 20.8 Å². The number of benzene rings is 1. The first-order valence-electron chi connectivity index (χ1n) is 7.25. The predicted octanol–water partition coefficient (Wildman–Crippen LogP) is 5.84. The molecule has 4 nitrogen and oxygen atoms in total. The molecule has 21 heavy (non-hydrogen) atoms. The molecule has 5 heteroatoms. The molecular formula is C16H29FN2O2. The van der Waals surface area contributed by atoms with Crippen molar-refractivity contribution in [1.29, 1.82) is 5.41 Å². The average Bonchev–Trinajstić information content (AvgIpc) is 2.42. The summed E-state index contributed by atoms with van der Waals surface area (Å²) >= 11 is 0. The summed E-state index contributed by atoms with van der Waals surface area (Å²) in [6.45, 7) is 15.9. The van der Waals surface area contributed by atoms with E-state index in [0.717, 1.165) is 24.1 Å². The first-order valence-corrected chi connectivity index (χ1v) is 7.25. The molecular weight excluding hydrogens is 271 g/mol. The maximum Gasteiger partial charge on any atom is 0.270 e. The largest absolute Gasteiger partial charge is 0.305 e. The van der Waals surface area contributed by atoms with E-state index in [1.54, 1.807) is 0 Å². The monoisotopic (exact) mass is 300 g/mol. The lowest BCUT2D eigenvalue weighted by Gasteiger charge is -1.99. The highest BCUT2D eigenvalue weighted by atomic mass is 19.1. The van der Waals surface area contributed by atoms with Gasteiger partial charge < -0.3 is 5.41 Å². The molecule has 0 atom stereocenters. The molecule has 0 unspecified atom stereocenters. The van der Waals surface area contributed by atoms with Crippen molar-refractivity contribution in [2.45, 2.75) is 55.4 Å². The molecule has 0 spiro atoms. The molecule has 0 aromatic heterocycles. The molecule has 1 rings (SSSR count). The minimum atomic E-state index is -0.619. The third kappa shape index (κ3) is 13.0. The molecule has 0 radical (unpaired) electrons. The van der Waals surface area contributed by atoms with E-state index in [1.165, 1.54) is 6.92 Å². The Morgan fingerprint density at radius 1 is 1.19 bits per heavy atom. The minimum Gasteiger partial charge on any atom is -0.305 e. The Bertz CT molecular complexity index is 416. The second-order valence-electron chi connectivity index (χ2n) is 4.28. The van der Waals surface area contributed by atoms with Crippen molar-refractivity contribution in [3.63, 3.8) is 0 Å². The van der Waals surface area contributed by atoms with Gasteiger partial charge in [0.2, 0.25) is 0 Å². The maximum atomic E-state index is 12.9. The molecule has 0 fully saturated rings. The van der Waals surface area contributed by atoms with Gasteiger partial charge in [-0.15, -0.1) is 0 Å². The Labute approximate surface area is 128 Å². The first-order chi connectivity index (χ1) is 9.75. The quantitative estimate of drug-likeness (QED) is 0.423. The van der Waals surface area contributed by atoms with Gasteiger partial charge in [-0.2, -0.15) is 0 Å². The normalized spacial score (nSPS) is 8.29. The highest BCUT2D eigenvalue weighted by Crippen LogP contribution is 2.16. The lowest BCUT2D eigenvalue weighted by Crippen LogP contribution is -1.98. The van der Waals surface area contributed by atoms with Crippen LogP contribution in [0.2, 0.25) is 0 Å². The van der Waals surface area contributed by atoms with Crippen LogP contribution in [0.3, 0.4) is 0 Å². The molecule has 0 bridgehead atoms. The summed E-state index contributed by atoms with van der Waals surface area (Å²) in [5, 5.41) is 17.5. The highest BCUT2D eigenvalue weighted by molar-refractivity contribution is 5.97. The number of nitrogens with one attached hydrogen (secondary N) is 1. The molecule has 0 heterocycles. The topological polar surface area (TPSA) is 67.0 Å². The smallest absolute Gasteiger partial charge is 0.270 e. The number of rotatable bonds is 2. The number of hydrogen-bond donors (Lipinski definition) is 1. The Kier molecular flexibility index (Phi) is 16.9. The zero-order chi connectivity index (χ0) is 17.6. The summed E-state index contributed by atoms with van der Waals surface area (Å²) < 4.78 is 12.9. The Hall–Kier alpha value is -1.78. The number of halogens is 1. The van der Waals surface area contributed by atoms with Crippen molar-refractivity contribution in [2.24, 2.45) is 5.92 Å². The van der Waals surface area contributed by atoms with E-state index in [4.69, 9.17) is 5.41 Å². The van der Waals surface area contributed by atoms with E-state index in [0.29, 0.717) is 0 Å². The van der Waals surface area contributed by atoms with Gasteiger partial charge in [-0.05, 0) is 18.9 Å². The van der Waals surface area contributed by atoms with Gasteiger partial charge >= 0.3 is 0 Å². The Balaban J connectivity index is -0.000000343. The first kappa shape index (κ1) is 24.3. The number of nitro groups is 1. The zero-order valence-corrected chi connectivity index (χ0v) is 14.5. The van der Waals surface area contributed by atoms with E-state index in [9.17, 15) is 14.5 Å². The summed E-state index contributed by atoms with van der Waals surface area (Å²) in [5.41, 5.74) is -0.265. The zero-order valence-electron chi connectivity index (χ0n) is 14.5. The van der Waals surface area contributed by atoms with Crippen LogP contribution in [0.4, 0.5) is 10.1 Å². The number of non-ortho nitro benzene ring substituents is 1. The van der Waals surface area contributed by atoms with Crippen molar-refractivity contribution in [2.75, 3.05) is 0 Å². The van der Waals surface area contributed by atoms with Crippen LogP contribution in [0.5, 0.6) is 0 Å². The molecule has 0 aliphatic carbocycles. The van der Waals surface area contributed by atoms with Crippen molar-refractivity contribution in [1.82, 2.24) is 0 Å². The lowest BCUT2D eigenvalue weighted by atomic mass is 10.1. The van der Waals surface area contributed by atoms with Crippen molar-refractivity contribution >= 4 is 11.4 Å². The van der Waals surface area contributed by atoms with Gasteiger partial charge in [0.15, 0.2) is 0 Å². The van der Waals surface area contributed by atoms with E-state index in [1.807, 2.05) is 27.7 Å². The summed E-state index contributed by atoms with van der Waals surface area (Å²) in [6.07, 6.45) is 0. The fraction of sp³-hybridized carbons (Fsp3) is 0.562. The Morgan fingerprint density at radius 2 is 1.57 bits per heavy atom. The van der Waals surface area contributed by atoms with Gasteiger partial charge in [0.25, 0.3) is 5.69 Å². The summed E-state index contributed by atoms with van der Waals surface area (Å²) in [6, 6.07) is 3.12. The van der Waals surface area contributed by atoms with Gasteiger partial charge in [-0.3, -0.25) is 10.1 Å². The van der Waals surface area contributed by atoms with Crippen LogP contribution in [0, 0.1) is 27.3 Å². The molecule has 1 N–H and O–H groups in total. The average molecular weight is 300 g/mol. The molecule has 0 saturated heterocycles. The molecule has 0 amide bonds. The standard InChI is InChI=1S/C8H7FN2O2.C4H10.2C2H6/c1-5(10)7-4-6(11(12)13)2-3-8(7)9;1-4(2)3;2*1-2/h2-4,10H,1H3;4H,1-3H3;2*1-2H3. The minimum absolute atomic E-state index is 0.0267. The number of hydrogen-bond acceptors (Lipinski definition) is 3. The fourth-order valence-corrected chi connectivity index (χ4v) is 0.914. The SMILES string of the molecule is CC.CC.CC(=N)c1cc([N+](=O)[O-])ccc1F.CC(C)C. The van der Waals surface area contributed by atoms with Crippen molar-refractivity contribution in [3.8, 4) is 0 Å². The molecule has 122 valence electrons. The van der Waals surface area contributed by atoms with Gasteiger partial charge in [-0.25, -0.2) is 4.39 Å². The van der Waals surface area contributed by atoms with Gasteiger partial charge in [-0.1, -0.05) is 48.5 Å². The second kappa shape index (κ2) is 14.6. The lowest BCUT2D eigenvalue weighted by molar-refractivity contribution is -0.384. The summed E-state index contributed by atoms with van der Waals surface area (Å²) in [5.74, 6) is 0.220. The molecule has 1 aromatic carbocycles. The van der Waals surface area contributed by atoms with Crippen LogP contribution in [0.25, 0.3) is 0 Å². The van der Waals surface area contributed by atoms with Crippen LogP contribution in [-0.4, -0.2) is 10.6 Å². The fourth-order valence-electron chi connectivity index (χ4n) is 0.914. The third-order valence-electron chi connectivity index (χ3n) is 1.56. The van der Waals surface area contributed by atoms with E-state index in [-0.39, 0.29) is 17.0 Å². The van der Waals surface area contributed by atoms with Crippen LogP contribution < -0.4 is 0 Å². The molecule has 0 aliphatic heterocycles. The summed E-state index contributed by atoms with van der Waals surface area (Å²) in [4.78, 5) is 9.68. The van der Waals surface area contributed by atoms with Crippen LogP contribution in [0.15, 0.2) is 18.2 Å². The molecule has 0 saturated carbocycles. The maximum absolute atomic E-state index is 12.9.